The molecule has 8 nitrogen and oxygen atoms in total. The quantitative estimate of drug-likeness (QED) is 0.537. The van der Waals surface area contributed by atoms with E-state index >= 15 is 0 Å². The van der Waals surface area contributed by atoms with E-state index in [1.165, 1.54) is 5.69 Å². The highest BCUT2D eigenvalue weighted by molar-refractivity contribution is 5.76. The third-order valence-corrected chi connectivity index (χ3v) is 5.77. The highest BCUT2D eigenvalue weighted by atomic mass is 16.5. The van der Waals surface area contributed by atoms with Crippen molar-refractivity contribution in [2.24, 2.45) is 0 Å². The number of benzene rings is 2. The molecule has 8 heteroatoms. The predicted molar refractivity (Wildman–Crippen MR) is 127 cm³/mol. The maximum Gasteiger partial charge on any atom is 0.227 e. The standard InChI is InChI=1S/C25H31N5O3/c1-3-32-21-10-8-19(9-11-21)25-27-24(33-28-25)13-12-23(31)26-18-20-6-4-5-7-22(20)30-16-14-29(2)15-17-30/h4-11H,3,12-18H2,1-2H3,(H,26,31). The minimum Gasteiger partial charge on any atom is -0.494 e. The molecule has 0 unspecified atom stereocenters. The summed E-state index contributed by atoms with van der Waals surface area (Å²) < 4.78 is 10.8. The molecular weight excluding hydrogens is 418 g/mol. The van der Waals surface area contributed by atoms with Crippen LogP contribution in [0, 0.1) is 0 Å². The number of rotatable bonds is 9. The van der Waals surface area contributed by atoms with E-state index in [9.17, 15) is 4.79 Å². The van der Waals surface area contributed by atoms with E-state index in [0.717, 1.165) is 43.1 Å². The molecule has 0 aliphatic carbocycles. The first-order valence-corrected chi connectivity index (χ1v) is 11.5. The van der Waals surface area contributed by atoms with Crippen LogP contribution < -0.4 is 15.0 Å². The zero-order valence-corrected chi connectivity index (χ0v) is 19.3. The number of aromatic nitrogens is 2. The number of piperazine rings is 1. The first-order valence-electron chi connectivity index (χ1n) is 11.5. The van der Waals surface area contributed by atoms with E-state index in [-0.39, 0.29) is 5.91 Å². The van der Waals surface area contributed by atoms with E-state index in [2.05, 4.69) is 50.5 Å². The van der Waals surface area contributed by atoms with Crippen LogP contribution in [0.1, 0.15) is 24.8 Å². The van der Waals surface area contributed by atoms with Crippen molar-refractivity contribution >= 4 is 11.6 Å². The molecule has 1 aromatic heterocycles. The van der Waals surface area contributed by atoms with Crippen molar-refractivity contribution in [2.45, 2.75) is 26.3 Å². The van der Waals surface area contributed by atoms with Crippen molar-refractivity contribution in [2.75, 3.05) is 44.7 Å². The molecule has 0 bridgehead atoms. The zero-order valence-electron chi connectivity index (χ0n) is 19.3. The molecule has 33 heavy (non-hydrogen) atoms. The molecule has 0 radical (unpaired) electrons. The van der Waals surface area contributed by atoms with Gasteiger partial charge in [-0.1, -0.05) is 23.4 Å². The third kappa shape index (κ3) is 6.10. The van der Waals surface area contributed by atoms with E-state index in [0.29, 0.717) is 37.7 Å². The maximum atomic E-state index is 12.5. The number of likely N-dealkylation sites (N-methyl/N-ethyl adjacent to an activating group) is 1. The Balaban J connectivity index is 1.28. The summed E-state index contributed by atoms with van der Waals surface area (Å²) in [6, 6.07) is 15.8. The summed E-state index contributed by atoms with van der Waals surface area (Å²) in [5, 5.41) is 7.07. The second-order valence-electron chi connectivity index (χ2n) is 8.16. The first-order chi connectivity index (χ1) is 16.1. The number of nitrogens with one attached hydrogen (secondary N) is 1. The van der Waals surface area contributed by atoms with Gasteiger partial charge in [0.25, 0.3) is 0 Å². The number of hydrogen-bond acceptors (Lipinski definition) is 7. The summed E-state index contributed by atoms with van der Waals surface area (Å²) in [5.41, 5.74) is 3.17. The Kier molecular flexibility index (Phi) is 7.57. The molecule has 2 aromatic carbocycles. The van der Waals surface area contributed by atoms with Crippen molar-refractivity contribution in [3.8, 4) is 17.1 Å². The Morgan fingerprint density at radius 2 is 1.85 bits per heavy atom. The zero-order chi connectivity index (χ0) is 23.0. The highest BCUT2D eigenvalue weighted by Gasteiger charge is 2.17. The van der Waals surface area contributed by atoms with Gasteiger partial charge in [-0.2, -0.15) is 4.98 Å². The van der Waals surface area contributed by atoms with Gasteiger partial charge in [0.1, 0.15) is 5.75 Å². The summed E-state index contributed by atoms with van der Waals surface area (Å²) in [7, 11) is 2.15. The average Bonchev–Trinajstić information content (AvgIpc) is 3.32. The fraction of sp³-hybridized carbons (Fsp3) is 0.400. The van der Waals surface area contributed by atoms with Gasteiger partial charge < -0.3 is 24.4 Å². The SMILES string of the molecule is CCOc1ccc(-c2noc(CCC(=O)NCc3ccccc3N3CCN(C)CC3)n2)cc1. The lowest BCUT2D eigenvalue weighted by atomic mass is 10.1. The van der Waals surface area contributed by atoms with Gasteiger partial charge in [0.2, 0.25) is 17.6 Å². The molecule has 1 amide bonds. The minimum absolute atomic E-state index is 0.0380. The van der Waals surface area contributed by atoms with Crippen molar-refractivity contribution in [3.05, 3.63) is 60.0 Å². The number of hydrogen-bond donors (Lipinski definition) is 1. The van der Waals surface area contributed by atoms with E-state index < -0.39 is 0 Å². The van der Waals surface area contributed by atoms with Crippen LogP contribution in [0.15, 0.2) is 53.1 Å². The van der Waals surface area contributed by atoms with Crippen LogP contribution in [0.25, 0.3) is 11.4 Å². The lowest BCUT2D eigenvalue weighted by molar-refractivity contribution is -0.121. The number of nitrogens with zero attached hydrogens (tertiary/aromatic N) is 4. The summed E-state index contributed by atoms with van der Waals surface area (Å²) in [4.78, 5) is 21.6. The Morgan fingerprint density at radius 1 is 1.09 bits per heavy atom. The average molecular weight is 450 g/mol. The number of carbonyl (C=O) groups excluding carboxylic acids is 1. The van der Waals surface area contributed by atoms with Crippen LogP contribution >= 0.6 is 0 Å². The van der Waals surface area contributed by atoms with Gasteiger partial charge in [0, 0.05) is 56.8 Å². The molecule has 1 saturated heterocycles. The number of anilines is 1. The molecule has 0 atom stereocenters. The Labute approximate surface area is 194 Å². The van der Waals surface area contributed by atoms with E-state index in [1.54, 1.807) is 0 Å². The van der Waals surface area contributed by atoms with Crippen molar-refractivity contribution in [1.29, 1.82) is 0 Å². The largest absolute Gasteiger partial charge is 0.494 e. The molecule has 0 spiro atoms. The Morgan fingerprint density at radius 3 is 2.61 bits per heavy atom. The third-order valence-electron chi connectivity index (χ3n) is 5.77. The van der Waals surface area contributed by atoms with Crippen LogP contribution in [-0.2, 0) is 17.8 Å². The van der Waals surface area contributed by atoms with Crippen LogP contribution in [0.4, 0.5) is 5.69 Å². The van der Waals surface area contributed by atoms with Crippen LogP contribution in [0.3, 0.4) is 0 Å². The first kappa shape index (κ1) is 22.8. The second-order valence-corrected chi connectivity index (χ2v) is 8.16. The van der Waals surface area contributed by atoms with Gasteiger partial charge in [-0.25, -0.2) is 0 Å². The van der Waals surface area contributed by atoms with Gasteiger partial charge in [0.05, 0.1) is 6.61 Å². The topological polar surface area (TPSA) is 83.7 Å². The van der Waals surface area contributed by atoms with E-state index in [4.69, 9.17) is 9.26 Å². The monoisotopic (exact) mass is 449 g/mol. The highest BCUT2D eigenvalue weighted by Crippen LogP contribution is 2.22. The van der Waals surface area contributed by atoms with Crippen LogP contribution in [-0.4, -0.2) is 60.8 Å². The number of ether oxygens (including phenoxy) is 1. The molecule has 1 aliphatic rings. The van der Waals surface area contributed by atoms with Crippen LogP contribution in [0.5, 0.6) is 5.75 Å². The molecule has 1 aliphatic heterocycles. The fourth-order valence-electron chi connectivity index (χ4n) is 3.86. The fourth-order valence-corrected chi connectivity index (χ4v) is 3.86. The lowest BCUT2D eigenvalue weighted by Gasteiger charge is -2.35. The van der Waals surface area contributed by atoms with Crippen molar-refractivity contribution in [1.82, 2.24) is 20.4 Å². The smallest absolute Gasteiger partial charge is 0.227 e. The number of carbonyl (C=O) groups is 1. The molecule has 2 heterocycles. The maximum absolute atomic E-state index is 12.5. The van der Waals surface area contributed by atoms with Gasteiger partial charge in [0.15, 0.2) is 0 Å². The molecule has 174 valence electrons. The number of amides is 1. The van der Waals surface area contributed by atoms with Crippen molar-refractivity contribution < 1.29 is 14.1 Å². The van der Waals surface area contributed by atoms with Gasteiger partial charge in [-0.3, -0.25) is 4.79 Å². The molecular formula is C25H31N5O3. The Hall–Kier alpha value is -3.39. The summed E-state index contributed by atoms with van der Waals surface area (Å²) in [6.45, 7) is 7.15. The summed E-state index contributed by atoms with van der Waals surface area (Å²) >= 11 is 0. The van der Waals surface area contributed by atoms with Crippen LogP contribution in [0.2, 0.25) is 0 Å². The van der Waals surface area contributed by atoms with Gasteiger partial charge in [-0.05, 0) is 49.9 Å². The molecule has 4 rings (SSSR count). The van der Waals surface area contributed by atoms with Crippen molar-refractivity contribution in [3.63, 3.8) is 0 Å². The molecule has 1 fully saturated rings. The molecule has 3 aromatic rings. The van der Waals surface area contributed by atoms with E-state index in [1.807, 2.05) is 37.3 Å². The Bertz CT molecular complexity index is 1040. The second kappa shape index (κ2) is 11.0. The number of para-hydroxylation sites is 1. The number of aryl methyl sites for hydroxylation is 1. The summed E-state index contributed by atoms with van der Waals surface area (Å²) in [6.07, 6.45) is 0.692. The predicted octanol–water partition coefficient (Wildman–Crippen LogP) is 3.14. The lowest BCUT2D eigenvalue weighted by Crippen LogP contribution is -2.45. The van der Waals surface area contributed by atoms with Gasteiger partial charge >= 0.3 is 0 Å². The summed E-state index contributed by atoms with van der Waals surface area (Å²) in [5.74, 6) is 1.72. The molecule has 1 N–H and O–H groups in total. The minimum atomic E-state index is -0.0380. The molecule has 0 saturated carbocycles. The normalized spacial score (nSPS) is 14.3. The van der Waals surface area contributed by atoms with Gasteiger partial charge in [-0.15, -0.1) is 0 Å².